The van der Waals surface area contributed by atoms with Crippen molar-refractivity contribution < 1.29 is 73.1 Å². The number of aromatic nitrogens is 2. The minimum Gasteiger partial charge on any atom is -0.478 e. The van der Waals surface area contributed by atoms with Gasteiger partial charge < -0.3 is 44.0 Å². The fourth-order valence-corrected chi connectivity index (χ4v) is 12.3. The number of para-hydroxylation sites is 2. The van der Waals surface area contributed by atoms with E-state index in [1.807, 2.05) is 4.90 Å². The highest BCUT2D eigenvalue weighted by molar-refractivity contribution is 7.89. The van der Waals surface area contributed by atoms with E-state index in [4.69, 9.17) is 34.2 Å². The van der Waals surface area contributed by atoms with Gasteiger partial charge in [0.2, 0.25) is 31.8 Å². The lowest BCUT2D eigenvalue weighted by molar-refractivity contribution is -0.388. The monoisotopic (exact) mass is 1200 g/mol. The van der Waals surface area contributed by atoms with Crippen molar-refractivity contribution in [2.75, 3.05) is 117 Å². The van der Waals surface area contributed by atoms with E-state index >= 15 is 8.42 Å². The quantitative estimate of drug-likeness (QED) is 0.0251. The first-order chi connectivity index (χ1) is 39.8. The van der Waals surface area contributed by atoms with Crippen LogP contribution in [-0.2, 0) is 51.7 Å². The van der Waals surface area contributed by atoms with Crippen LogP contribution in [0.15, 0.2) is 107 Å². The number of rotatable bonds is 34. The van der Waals surface area contributed by atoms with Crippen molar-refractivity contribution in [2.24, 2.45) is 5.73 Å². The van der Waals surface area contributed by atoms with Crippen LogP contribution in [-0.4, -0.2) is 174 Å². The van der Waals surface area contributed by atoms with Gasteiger partial charge in [0.05, 0.1) is 74.9 Å². The smallest absolute Gasteiger partial charge is 0.434 e. The summed E-state index contributed by atoms with van der Waals surface area (Å²) >= 11 is 0. The van der Waals surface area contributed by atoms with Gasteiger partial charge in [-0.15, -0.1) is 0 Å². The molecular weight excluding hydrogens is 1140 g/mol. The largest absolute Gasteiger partial charge is 0.478 e. The molecule has 1 amide bonds. The summed E-state index contributed by atoms with van der Waals surface area (Å²) in [5, 5.41) is 24.8. The van der Waals surface area contributed by atoms with E-state index < -0.39 is 100 Å². The van der Waals surface area contributed by atoms with Crippen LogP contribution >= 0.6 is 0 Å². The first-order valence-electron chi connectivity index (χ1n) is 26.7. The summed E-state index contributed by atoms with van der Waals surface area (Å²) in [6.45, 7) is 5.33. The van der Waals surface area contributed by atoms with Gasteiger partial charge in [0.1, 0.15) is 0 Å². The summed E-state index contributed by atoms with van der Waals surface area (Å²) in [7, 11) is -9.81. The van der Waals surface area contributed by atoms with Crippen LogP contribution in [0.25, 0.3) is 11.1 Å². The van der Waals surface area contributed by atoms with Gasteiger partial charge in [-0.2, -0.15) is 21.8 Å². The standard InChI is InChI=1S/C54H68F3N9O15S2/c1-4-42-39-61(53(67)44-19-21-50(80-5-2)60-51(44)54(55,56)57)25-28-64(42)45-20-18-40(43-13-11-23-59-52(43)81-6-3)37-41(45)38-63(83(74,75)49-17-10-8-15-47(49)66(70)71)27-26-62(82(72,73)48-16-9-7-14-46(48)65(68)69)24-12-29-76-31-33-78-35-36-79-34-32-77-30-22-58/h7-11,13-21,23,37,42H,4-6,12,22,24-36,38-39,58H2,1-3H3/t42-/m1/s1. The summed E-state index contributed by atoms with van der Waals surface area (Å²) in [4.78, 5) is 46.9. The lowest BCUT2D eigenvalue weighted by Gasteiger charge is -2.43. The number of anilines is 1. The molecule has 24 nitrogen and oxygen atoms in total. The van der Waals surface area contributed by atoms with Crippen molar-refractivity contribution >= 4 is 43.0 Å². The number of benzene rings is 3. The van der Waals surface area contributed by atoms with Crippen LogP contribution in [0.3, 0.4) is 0 Å². The van der Waals surface area contributed by atoms with Crippen molar-refractivity contribution in [1.82, 2.24) is 23.5 Å². The molecule has 0 spiro atoms. The number of sulfonamides is 2. The van der Waals surface area contributed by atoms with E-state index in [-0.39, 0.29) is 89.6 Å². The average molecular weight is 1200 g/mol. The zero-order valence-corrected chi connectivity index (χ0v) is 47.8. The molecule has 6 rings (SSSR count). The topological polar surface area (TPSA) is 292 Å². The normalized spacial score (nSPS) is 14.1. The van der Waals surface area contributed by atoms with E-state index in [2.05, 4.69) is 9.97 Å². The molecule has 0 aliphatic carbocycles. The molecule has 1 fully saturated rings. The molecule has 83 heavy (non-hydrogen) atoms. The molecule has 5 aromatic rings. The molecule has 0 saturated carbocycles. The first kappa shape index (κ1) is 65.2. The lowest BCUT2D eigenvalue weighted by Crippen LogP contribution is -2.55. The molecule has 0 bridgehead atoms. The van der Waals surface area contributed by atoms with Crippen LogP contribution in [0, 0.1) is 20.2 Å². The van der Waals surface area contributed by atoms with Crippen LogP contribution in [0.5, 0.6) is 11.8 Å². The highest BCUT2D eigenvalue weighted by Gasteiger charge is 2.41. The minimum atomic E-state index is -5.01. The predicted molar refractivity (Wildman–Crippen MR) is 298 cm³/mol. The summed E-state index contributed by atoms with van der Waals surface area (Å²) in [6, 6.07) is 19.4. The average Bonchev–Trinajstić information content (AvgIpc) is 3.14. The van der Waals surface area contributed by atoms with Gasteiger partial charge in [0.25, 0.3) is 17.3 Å². The molecule has 3 aromatic carbocycles. The van der Waals surface area contributed by atoms with Gasteiger partial charge in [0, 0.05) is 101 Å². The second kappa shape index (κ2) is 31.1. The SMILES string of the molecule is CCOc1ccc(C(=O)N2CCN(c3ccc(-c4cccnc4OCC)cc3CN(CCN(CCCOCCOCCOCCOCCN)S(=O)(=O)c3ccccc3[N+](=O)[O-])S(=O)(=O)c3ccccc3[N+](=O)[O-])[C@H](CC)C2)c(C(F)(F)F)n1. The Labute approximate surface area is 479 Å². The second-order valence-corrected chi connectivity index (χ2v) is 22.2. The number of nitrogens with two attached hydrogens (primary N) is 1. The third kappa shape index (κ3) is 17.3. The molecule has 1 saturated heterocycles. The van der Waals surface area contributed by atoms with Crippen molar-refractivity contribution in [3.05, 3.63) is 134 Å². The maximum atomic E-state index is 15.3. The number of ether oxygens (including phenoxy) is 6. The Morgan fingerprint density at radius 2 is 1.30 bits per heavy atom. The third-order valence-electron chi connectivity index (χ3n) is 13.0. The summed E-state index contributed by atoms with van der Waals surface area (Å²) in [6.07, 6.45) is -3.15. The number of hydrogen-bond acceptors (Lipinski definition) is 19. The Balaban J connectivity index is 1.37. The molecule has 29 heteroatoms. The molecule has 0 radical (unpaired) electrons. The summed E-state index contributed by atoms with van der Waals surface area (Å²) in [5.74, 6) is -1.00. The fraction of sp³-hybridized carbons (Fsp3) is 0.463. The van der Waals surface area contributed by atoms with Gasteiger partial charge in [-0.25, -0.2) is 26.8 Å². The molecule has 0 unspecified atom stereocenters. The highest BCUT2D eigenvalue weighted by Crippen LogP contribution is 2.38. The molecule has 452 valence electrons. The van der Waals surface area contributed by atoms with E-state index in [0.717, 1.165) is 38.9 Å². The molecule has 1 aliphatic heterocycles. The maximum Gasteiger partial charge on any atom is 0.434 e. The van der Waals surface area contributed by atoms with Gasteiger partial charge in [-0.1, -0.05) is 37.3 Å². The van der Waals surface area contributed by atoms with Crippen LogP contribution in [0.1, 0.15) is 55.2 Å². The Morgan fingerprint density at radius 3 is 1.88 bits per heavy atom. The number of nitro benzene ring substituents is 2. The zero-order valence-electron chi connectivity index (χ0n) is 46.2. The fourth-order valence-electron chi connectivity index (χ4n) is 9.12. The number of carbonyl (C=O) groups excluding carboxylic acids is 1. The van der Waals surface area contributed by atoms with E-state index in [1.165, 1.54) is 41.4 Å². The number of amides is 1. The summed E-state index contributed by atoms with van der Waals surface area (Å²) in [5.41, 5.74) is 3.45. The van der Waals surface area contributed by atoms with Gasteiger partial charge >= 0.3 is 6.18 Å². The first-order valence-corrected chi connectivity index (χ1v) is 29.6. The van der Waals surface area contributed by atoms with E-state index in [9.17, 15) is 46.6 Å². The Hall–Kier alpha value is -6.96. The minimum absolute atomic E-state index is 0.0155. The number of hydrogen-bond donors (Lipinski definition) is 1. The lowest BCUT2D eigenvalue weighted by atomic mass is 9.99. The zero-order chi connectivity index (χ0) is 60.2. The van der Waals surface area contributed by atoms with E-state index in [0.29, 0.717) is 56.2 Å². The third-order valence-corrected chi connectivity index (χ3v) is 16.9. The molecule has 1 atom stereocenters. The maximum absolute atomic E-state index is 15.3. The predicted octanol–water partition coefficient (Wildman–Crippen LogP) is 6.81. The van der Waals surface area contributed by atoms with Crippen LogP contribution in [0.2, 0.25) is 0 Å². The van der Waals surface area contributed by atoms with E-state index in [1.54, 1.807) is 51.1 Å². The van der Waals surface area contributed by atoms with Crippen molar-refractivity contribution in [1.29, 1.82) is 0 Å². The molecule has 2 N–H and O–H groups in total. The van der Waals surface area contributed by atoms with Crippen LogP contribution < -0.4 is 20.1 Å². The molecule has 2 aromatic heterocycles. The van der Waals surface area contributed by atoms with Crippen molar-refractivity contribution in [3.8, 4) is 22.9 Å². The van der Waals surface area contributed by atoms with Crippen molar-refractivity contribution in [3.63, 3.8) is 0 Å². The number of nitro groups is 2. The van der Waals surface area contributed by atoms with Crippen LogP contribution in [0.4, 0.5) is 30.2 Å². The Morgan fingerprint density at radius 1 is 0.723 bits per heavy atom. The molecule has 3 heterocycles. The second-order valence-electron chi connectivity index (χ2n) is 18.4. The summed E-state index contributed by atoms with van der Waals surface area (Å²) < 4.78 is 138. The highest BCUT2D eigenvalue weighted by atomic mass is 32.2. The number of piperazine rings is 1. The molecular formula is C54H68F3N9O15S2. The number of halogens is 3. The van der Waals surface area contributed by atoms with Crippen molar-refractivity contribution in [2.45, 2.75) is 62.2 Å². The van der Waals surface area contributed by atoms with Gasteiger partial charge in [-0.05, 0) is 80.3 Å². The Bertz CT molecular complexity index is 3200. The number of nitrogens with zero attached hydrogens (tertiary/aromatic N) is 8. The van der Waals surface area contributed by atoms with Gasteiger partial charge in [-0.3, -0.25) is 25.0 Å². The Kier molecular flexibility index (Phi) is 24.4. The molecule has 1 aliphatic rings. The number of pyridine rings is 2. The number of alkyl halides is 3. The van der Waals surface area contributed by atoms with Gasteiger partial charge in [0.15, 0.2) is 15.5 Å². The number of carbonyl (C=O) groups is 1.